The first-order chi connectivity index (χ1) is 28.0. The van der Waals surface area contributed by atoms with Crippen molar-refractivity contribution >= 4 is 32.3 Å². The molecular weight excluding hydrogens is 689 g/mol. The van der Waals surface area contributed by atoms with Gasteiger partial charge >= 0.3 is 0 Å². The van der Waals surface area contributed by atoms with Gasteiger partial charge in [-0.3, -0.25) is 0 Å². The molecule has 0 amide bonds. The topological polar surface area (TPSA) is 25.8 Å². The average Bonchev–Trinajstić information content (AvgIpc) is 3.51. The van der Waals surface area contributed by atoms with Crippen LogP contribution < -0.4 is 0 Å². The summed E-state index contributed by atoms with van der Waals surface area (Å²) in [6.07, 6.45) is 0. The molecule has 0 fully saturated rings. The van der Waals surface area contributed by atoms with Crippen molar-refractivity contribution in [2.24, 2.45) is 0 Å². The summed E-state index contributed by atoms with van der Waals surface area (Å²) in [5.41, 5.74) is 15.0. The van der Waals surface area contributed by atoms with Crippen molar-refractivity contribution in [1.82, 2.24) is 9.97 Å². The van der Waals surface area contributed by atoms with Crippen molar-refractivity contribution in [3.05, 3.63) is 205 Å². The largest absolute Gasteiger partial charge is 0.228 e. The van der Waals surface area contributed by atoms with E-state index in [4.69, 9.17) is 9.97 Å². The molecule has 0 bridgehead atoms. The van der Waals surface area contributed by atoms with Crippen LogP contribution in [0.1, 0.15) is 25.0 Å². The highest BCUT2D eigenvalue weighted by molar-refractivity contribution is 6.06. The molecule has 0 aliphatic heterocycles. The third-order valence-electron chi connectivity index (χ3n) is 12.1. The maximum absolute atomic E-state index is 5.34. The molecule has 1 aromatic heterocycles. The van der Waals surface area contributed by atoms with E-state index in [1.54, 1.807) is 0 Å². The summed E-state index contributed by atoms with van der Waals surface area (Å²) >= 11 is 0. The van der Waals surface area contributed by atoms with Crippen LogP contribution in [-0.4, -0.2) is 9.97 Å². The van der Waals surface area contributed by atoms with E-state index in [-0.39, 0.29) is 5.41 Å². The minimum Gasteiger partial charge on any atom is -0.228 e. The number of aromatic nitrogens is 2. The molecule has 0 spiro atoms. The Hall–Kier alpha value is -7.16. The predicted molar refractivity (Wildman–Crippen MR) is 239 cm³/mol. The molecule has 9 aromatic carbocycles. The van der Waals surface area contributed by atoms with Crippen LogP contribution in [0, 0.1) is 0 Å². The second kappa shape index (κ2) is 13.0. The van der Waals surface area contributed by atoms with Gasteiger partial charge in [0.1, 0.15) is 0 Å². The molecule has 0 N–H and O–H groups in total. The van der Waals surface area contributed by atoms with Gasteiger partial charge in [0, 0.05) is 22.1 Å². The summed E-state index contributed by atoms with van der Waals surface area (Å²) in [7, 11) is 0. The summed E-state index contributed by atoms with van der Waals surface area (Å²) in [4.78, 5) is 10.6. The Kier molecular flexibility index (Phi) is 7.55. The van der Waals surface area contributed by atoms with Crippen molar-refractivity contribution < 1.29 is 0 Å². The van der Waals surface area contributed by atoms with Crippen molar-refractivity contribution in [1.29, 1.82) is 0 Å². The average molecular weight is 727 g/mol. The van der Waals surface area contributed by atoms with Crippen LogP contribution in [0.3, 0.4) is 0 Å². The second-order valence-corrected chi connectivity index (χ2v) is 15.8. The van der Waals surface area contributed by atoms with E-state index >= 15 is 0 Å². The molecule has 2 nitrogen and oxygen atoms in total. The van der Waals surface area contributed by atoms with Crippen LogP contribution >= 0.6 is 0 Å². The van der Waals surface area contributed by atoms with Gasteiger partial charge in [-0.15, -0.1) is 0 Å². The minimum atomic E-state index is -0.117. The predicted octanol–water partition coefficient (Wildman–Crippen LogP) is 14.6. The molecule has 0 radical (unpaired) electrons. The maximum Gasteiger partial charge on any atom is 0.161 e. The molecule has 0 atom stereocenters. The summed E-state index contributed by atoms with van der Waals surface area (Å²) < 4.78 is 0. The summed E-state index contributed by atoms with van der Waals surface area (Å²) in [5, 5.41) is 7.39. The number of fused-ring (bicyclic) bond motifs is 7. The van der Waals surface area contributed by atoms with E-state index in [2.05, 4.69) is 202 Å². The van der Waals surface area contributed by atoms with Crippen molar-refractivity contribution in [2.45, 2.75) is 19.3 Å². The highest BCUT2D eigenvalue weighted by atomic mass is 14.9. The number of hydrogen-bond acceptors (Lipinski definition) is 2. The summed E-state index contributed by atoms with van der Waals surface area (Å²) in [5.74, 6) is 0.711. The van der Waals surface area contributed by atoms with Gasteiger partial charge in [0.15, 0.2) is 5.82 Å². The zero-order valence-electron chi connectivity index (χ0n) is 31.9. The Morgan fingerprint density at radius 1 is 0.333 bits per heavy atom. The summed E-state index contributed by atoms with van der Waals surface area (Å²) in [6, 6.07) is 70.1. The van der Waals surface area contributed by atoms with E-state index in [9.17, 15) is 0 Å². The first-order valence-corrected chi connectivity index (χ1v) is 19.7. The summed E-state index contributed by atoms with van der Waals surface area (Å²) in [6.45, 7) is 4.73. The quantitative estimate of drug-likeness (QED) is 0.176. The Labute approximate surface area is 332 Å². The van der Waals surface area contributed by atoms with Crippen LogP contribution in [0.5, 0.6) is 0 Å². The van der Waals surface area contributed by atoms with Crippen LogP contribution in [0.15, 0.2) is 194 Å². The Bertz CT molecular complexity index is 3210. The first-order valence-electron chi connectivity index (χ1n) is 19.7. The second-order valence-electron chi connectivity index (χ2n) is 15.8. The van der Waals surface area contributed by atoms with Crippen molar-refractivity contribution in [3.8, 4) is 67.3 Å². The molecule has 0 unspecified atom stereocenters. The van der Waals surface area contributed by atoms with E-state index in [0.717, 1.165) is 39.0 Å². The van der Waals surface area contributed by atoms with Crippen LogP contribution in [0.25, 0.3) is 99.6 Å². The monoisotopic (exact) mass is 726 g/mol. The lowest BCUT2D eigenvalue weighted by Gasteiger charge is -2.22. The van der Waals surface area contributed by atoms with Crippen LogP contribution in [0.4, 0.5) is 0 Å². The number of nitrogens with zero attached hydrogens (tertiary/aromatic N) is 2. The molecule has 11 rings (SSSR count). The van der Waals surface area contributed by atoms with Gasteiger partial charge in [-0.05, 0) is 107 Å². The Morgan fingerprint density at radius 2 is 0.912 bits per heavy atom. The number of hydrogen-bond donors (Lipinski definition) is 0. The third kappa shape index (κ3) is 5.48. The van der Waals surface area contributed by atoms with Crippen LogP contribution in [0.2, 0.25) is 0 Å². The Balaban J connectivity index is 1.05. The lowest BCUT2D eigenvalue weighted by atomic mass is 9.81. The molecule has 268 valence electrons. The van der Waals surface area contributed by atoms with Gasteiger partial charge in [0.2, 0.25) is 0 Å². The maximum atomic E-state index is 5.34. The lowest BCUT2D eigenvalue weighted by Crippen LogP contribution is -2.15. The molecule has 1 aliphatic rings. The fourth-order valence-electron chi connectivity index (χ4n) is 9.12. The lowest BCUT2D eigenvalue weighted by molar-refractivity contribution is 0.661. The minimum absolute atomic E-state index is 0.117. The SMILES string of the molecule is CC1(C)c2cc(-c3ccc(-c4nc(-c5ccccc5)cc(-c5cccc(-c6ccc7ccccc7c6)c5)n4)c4ccccc34)ccc2-c2c1ccc1ccccc21. The van der Waals surface area contributed by atoms with E-state index in [1.165, 1.54) is 65.9 Å². The zero-order valence-corrected chi connectivity index (χ0v) is 31.9. The van der Waals surface area contributed by atoms with Crippen LogP contribution in [-0.2, 0) is 5.41 Å². The van der Waals surface area contributed by atoms with E-state index in [1.807, 2.05) is 6.07 Å². The molecule has 2 heteroatoms. The molecule has 0 saturated heterocycles. The van der Waals surface area contributed by atoms with Crippen molar-refractivity contribution in [3.63, 3.8) is 0 Å². The van der Waals surface area contributed by atoms with E-state index in [0.29, 0.717) is 5.82 Å². The molecule has 57 heavy (non-hydrogen) atoms. The van der Waals surface area contributed by atoms with Crippen molar-refractivity contribution in [2.75, 3.05) is 0 Å². The molecular formula is C55H38N2. The number of benzene rings is 9. The van der Waals surface area contributed by atoms with Gasteiger partial charge in [0.05, 0.1) is 11.4 Å². The smallest absolute Gasteiger partial charge is 0.161 e. The highest BCUT2D eigenvalue weighted by Gasteiger charge is 2.36. The standard InChI is InChI=1S/C55H38N2/c1-55(2)49-30-26-36-14-8-9-20-44(36)53(49)48-27-25-41(33-50(48)55)43-28-29-47(46-22-11-10-21-45(43)46)54-56-51(37-15-4-3-5-16-37)34-52(57-54)42-19-12-18-39(32-42)40-24-23-35-13-6-7-17-38(35)31-40/h3-34H,1-2H3. The molecule has 0 saturated carbocycles. The molecule has 10 aromatic rings. The zero-order chi connectivity index (χ0) is 38.1. The fourth-order valence-corrected chi connectivity index (χ4v) is 9.12. The van der Waals surface area contributed by atoms with Gasteiger partial charge in [-0.2, -0.15) is 0 Å². The number of rotatable bonds is 5. The van der Waals surface area contributed by atoms with Gasteiger partial charge in [-0.25, -0.2) is 9.97 Å². The van der Waals surface area contributed by atoms with Gasteiger partial charge < -0.3 is 0 Å². The first kappa shape index (κ1) is 33.2. The normalized spacial score (nSPS) is 12.9. The Morgan fingerprint density at radius 3 is 1.74 bits per heavy atom. The molecule has 1 heterocycles. The van der Waals surface area contributed by atoms with Gasteiger partial charge in [0.25, 0.3) is 0 Å². The molecule has 1 aliphatic carbocycles. The third-order valence-corrected chi connectivity index (χ3v) is 12.1. The highest BCUT2D eigenvalue weighted by Crippen LogP contribution is 2.52. The van der Waals surface area contributed by atoms with E-state index < -0.39 is 0 Å². The van der Waals surface area contributed by atoms with Gasteiger partial charge in [-0.1, -0.05) is 178 Å². The fraction of sp³-hybridized carbons (Fsp3) is 0.0545.